The van der Waals surface area contributed by atoms with Crippen molar-refractivity contribution in [2.45, 2.75) is 31.5 Å². The lowest BCUT2D eigenvalue weighted by Crippen LogP contribution is -2.64. The van der Waals surface area contributed by atoms with Gasteiger partial charge in [-0.25, -0.2) is 9.18 Å². The fourth-order valence-electron chi connectivity index (χ4n) is 5.78. The highest BCUT2D eigenvalue weighted by molar-refractivity contribution is 5.81. The summed E-state index contributed by atoms with van der Waals surface area (Å²) in [5.74, 6) is 0.396. The smallest absolute Gasteiger partial charge is 0.333 e. The van der Waals surface area contributed by atoms with Crippen LogP contribution in [0.3, 0.4) is 0 Å². The number of carbonyl (C=O) groups is 1. The molecule has 8 heteroatoms. The van der Waals surface area contributed by atoms with E-state index in [0.717, 1.165) is 41.7 Å². The first kappa shape index (κ1) is 24.3. The number of fused-ring (bicyclic) bond motifs is 3. The minimum atomic E-state index is -0.608. The van der Waals surface area contributed by atoms with Crippen molar-refractivity contribution in [2.24, 2.45) is 5.92 Å². The Morgan fingerprint density at radius 3 is 2.42 bits per heavy atom. The van der Waals surface area contributed by atoms with Crippen LogP contribution in [-0.2, 0) is 16.1 Å². The lowest BCUT2D eigenvalue weighted by molar-refractivity contribution is -0.958. The molecular formula is C30H30FN4O3+. The molecule has 2 atom stereocenters. The molecular weight excluding hydrogens is 483 g/mol. The zero-order chi connectivity index (χ0) is 26.0. The highest BCUT2D eigenvalue weighted by atomic mass is 19.1. The predicted octanol–water partition coefficient (Wildman–Crippen LogP) is 5.38. The van der Waals surface area contributed by atoms with E-state index in [1.807, 2.05) is 60.7 Å². The minimum Gasteiger partial charge on any atom is -0.454 e. The number of aromatic nitrogens is 2. The van der Waals surface area contributed by atoms with Gasteiger partial charge in [-0.05, 0) is 29.8 Å². The molecule has 0 radical (unpaired) electrons. The molecule has 3 fully saturated rings. The Hall–Kier alpha value is -4.04. The van der Waals surface area contributed by atoms with E-state index in [9.17, 15) is 9.18 Å². The Morgan fingerprint density at radius 1 is 1.00 bits per heavy atom. The average Bonchev–Trinajstić information content (AvgIpc) is 3.41. The lowest BCUT2D eigenvalue weighted by atomic mass is 9.83. The summed E-state index contributed by atoms with van der Waals surface area (Å²) in [4.78, 5) is 18.1. The van der Waals surface area contributed by atoms with Gasteiger partial charge in [-0.3, -0.25) is 0 Å². The zero-order valence-electron chi connectivity index (χ0n) is 21.0. The number of para-hydroxylation sites is 1. The fourth-order valence-corrected chi connectivity index (χ4v) is 5.78. The van der Waals surface area contributed by atoms with Gasteiger partial charge >= 0.3 is 5.97 Å². The van der Waals surface area contributed by atoms with Crippen molar-refractivity contribution in [3.05, 3.63) is 102 Å². The van der Waals surface area contributed by atoms with E-state index in [1.165, 1.54) is 6.07 Å². The van der Waals surface area contributed by atoms with Crippen molar-refractivity contribution in [2.75, 3.05) is 25.0 Å². The maximum absolute atomic E-state index is 14.2. The molecule has 7 rings (SSSR count). The van der Waals surface area contributed by atoms with Gasteiger partial charge in [-0.2, -0.15) is 4.98 Å². The van der Waals surface area contributed by atoms with Crippen LogP contribution < -0.4 is 5.32 Å². The van der Waals surface area contributed by atoms with Gasteiger partial charge in [0.05, 0.1) is 18.7 Å². The molecule has 4 aromatic rings. The summed E-state index contributed by atoms with van der Waals surface area (Å²) >= 11 is 0. The first-order chi connectivity index (χ1) is 18.6. The number of piperidine rings is 3. The number of anilines is 1. The molecule has 38 heavy (non-hydrogen) atoms. The number of hydrogen-bond acceptors (Lipinski definition) is 6. The third-order valence-electron chi connectivity index (χ3n) is 7.81. The summed E-state index contributed by atoms with van der Waals surface area (Å²) in [6.45, 7) is 3.19. The molecule has 0 unspecified atom stereocenters. The van der Waals surface area contributed by atoms with Gasteiger partial charge in [0.2, 0.25) is 5.82 Å². The molecule has 7 nitrogen and oxygen atoms in total. The molecule has 0 aliphatic carbocycles. The molecule has 2 bridgehead atoms. The lowest BCUT2D eigenvalue weighted by Gasteiger charge is -2.51. The van der Waals surface area contributed by atoms with Crippen LogP contribution in [0, 0.1) is 11.7 Å². The molecule has 4 heterocycles. The van der Waals surface area contributed by atoms with Gasteiger partial charge in [0, 0.05) is 24.4 Å². The zero-order valence-corrected chi connectivity index (χ0v) is 21.0. The van der Waals surface area contributed by atoms with Gasteiger partial charge in [-0.1, -0.05) is 65.8 Å². The Labute approximate surface area is 220 Å². The number of carbonyl (C=O) groups excluding carboxylic acids is 1. The maximum Gasteiger partial charge on any atom is 0.333 e. The Morgan fingerprint density at radius 2 is 1.68 bits per heavy atom. The third-order valence-corrected chi connectivity index (χ3v) is 7.81. The predicted molar refractivity (Wildman–Crippen MR) is 140 cm³/mol. The largest absolute Gasteiger partial charge is 0.454 e. The van der Waals surface area contributed by atoms with Crippen LogP contribution in [0.5, 0.6) is 0 Å². The Kier molecular flexibility index (Phi) is 6.64. The first-order valence-electron chi connectivity index (χ1n) is 13.1. The maximum atomic E-state index is 14.2. The number of nitrogens with zero attached hydrogens (tertiary/aromatic N) is 3. The van der Waals surface area contributed by atoms with E-state index in [0.29, 0.717) is 30.4 Å². The van der Waals surface area contributed by atoms with Crippen molar-refractivity contribution < 1.29 is 22.9 Å². The average molecular weight is 514 g/mol. The van der Waals surface area contributed by atoms with Crippen LogP contribution >= 0.6 is 0 Å². The van der Waals surface area contributed by atoms with Crippen molar-refractivity contribution in [3.8, 4) is 11.5 Å². The number of rotatable bonds is 8. The molecule has 3 saturated heterocycles. The molecule has 1 aromatic heterocycles. The van der Waals surface area contributed by atoms with E-state index in [1.54, 1.807) is 18.2 Å². The molecule has 0 amide bonds. The van der Waals surface area contributed by atoms with Crippen molar-refractivity contribution in [3.63, 3.8) is 0 Å². The highest BCUT2D eigenvalue weighted by Crippen LogP contribution is 2.38. The fraction of sp³-hybridized carbons (Fsp3) is 0.300. The second-order valence-corrected chi connectivity index (χ2v) is 10.3. The highest BCUT2D eigenvalue weighted by Gasteiger charge is 2.48. The number of quaternary nitrogens is 1. The van der Waals surface area contributed by atoms with Crippen LogP contribution in [0.15, 0.2) is 89.5 Å². The number of nitrogens with one attached hydrogen (secondary N) is 1. The molecule has 1 N–H and O–H groups in total. The molecule has 0 saturated carbocycles. The normalized spacial score (nSPS) is 23.1. The number of halogens is 1. The number of esters is 1. The molecule has 3 aromatic carbocycles. The summed E-state index contributed by atoms with van der Waals surface area (Å²) in [6, 6.07) is 25.2. The summed E-state index contributed by atoms with van der Waals surface area (Å²) in [6.07, 6.45) is 1.75. The van der Waals surface area contributed by atoms with Gasteiger partial charge < -0.3 is 19.1 Å². The molecule has 3 aliphatic heterocycles. The first-order valence-corrected chi connectivity index (χ1v) is 13.1. The molecule has 3 aliphatic rings. The molecule has 194 valence electrons. The van der Waals surface area contributed by atoms with Crippen LogP contribution in [0.1, 0.15) is 30.3 Å². The Bertz CT molecular complexity index is 1390. The van der Waals surface area contributed by atoms with E-state index in [4.69, 9.17) is 9.26 Å². The van der Waals surface area contributed by atoms with Crippen LogP contribution in [-0.4, -0.2) is 46.3 Å². The third kappa shape index (κ3) is 5.04. The Balaban J connectivity index is 1.17. The topological polar surface area (TPSA) is 77.2 Å². The van der Waals surface area contributed by atoms with Crippen molar-refractivity contribution in [1.29, 1.82) is 0 Å². The van der Waals surface area contributed by atoms with E-state index >= 15 is 0 Å². The van der Waals surface area contributed by atoms with Crippen molar-refractivity contribution in [1.82, 2.24) is 10.1 Å². The second kappa shape index (κ2) is 10.4. The number of benzene rings is 3. The summed E-state index contributed by atoms with van der Waals surface area (Å²) in [7, 11) is 0. The SMILES string of the molecule is O=C(O[C@H]1C[N+]2(Cc3noc(-c4ccccc4F)n3)CCC1CC2)[C@H](Nc1ccccc1)c1ccccc1. The van der Waals surface area contributed by atoms with E-state index in [2.05, 4.69) is 15.5 Å². The minimum absolute atomic E-state index is 0.184. The summed E-state index contributed by atoms with van der Waals surface area (Å²) in [5, 5.41) is 7.51. The van der Waals surface area contributed by atoms with Gasteiger partial charge in [0.15, 0.2) is 12.1 Å². The van der Waals surface area contributed by atoms with E-state index < -0.39 is 11.9 Å². The van der Waals surface area contributed by atoms with Gasteiger partial charge in [0.1, 0.15) is 18.9 Å². The van der Waals surface area contributed by atoms with Gasteiger partial charge in [0.25, 0.3) is 5.89 Å². The van der Waals surface area contributed by atoms with Crippen LogP contribution in [0.2, 0.25) is 0 Å². The summed E-state index contributed by atoms with van der Waals surface area (Å²) < 4.78 is 26.6. The van der Waals surface area contributed by atoms with Crippen LogP contribution in [0.25, 0.3) is 11.5 Å². The van der Waals surface area contributed by atoms with Crippen LogP contribution in [0.4, 0.5) is 10.1 Å². The van der Waals surface area contributed by atoms with Gasteiger partial charge in [-0.15, -0.1) is 0 Å². The van der Waals surface area contributed by atoms with Crippen molar-refractivity contribution >= 4 is 11.7 Å². The summed E-state index contributed by atoms with van der Waals surface area (Å²) in [5.41, 5.74) is 2.02. The second-order valence-electron chi connectivity index (χ2n) is 10.3. The monoisotopic (exact) mass is 513 g/mol. The van der Waals surface area contributed by atoms with E-state index in [-0.39, 0.29) is 18.0 Å². The molecule has 0 spiro atoms. The number of hydrogen-bond donors (Lipinski definition) is 1. The standard InChI is InChI=1S/C30H30FN4O3/c31-25-14-8-7-13-24(25)29-33-27(34-38-29)20-35-17-15-21(16-18-35)26(19-35)37-30(36)28(22-9-3-1-4-10-22)32-23-11-5-2-6-12-23/h1-14,21,26,28,32H,15-20H2/q+1/t21?,26-,28+,35?/m0/s1. The quantitative estimate of drug-likeness (QED) is 0.252. The number of ether oxygens (including phenoxy) is 1.